The minimum atomic E-state index is -0.713. The Kier molecular flexibility index (Phi) is 6.56. The Morgan fingerprint density at radius 1 is 1.18 bits per heavy atom. The number of fused-ring (bicyclic) bond motifs is 3. The molecule has 1 atom stereocenters. The van der Waals surface area contributed by atoms with E-state index in [2.05, 4.69) is 30.1 Å². The molecule has 8 heteroatoms. The molecule has 2 heterocycles. The van der Waals surface area contributed by atoms with E-state index in [1.54, 1.807) is 30.7 Å². The third-order valence-electron chi connectivity index (χ3n) is 5.32. The number of rotatable bonds is 5. The Bertz CT molecular complexity index is 1180. The van der Waals surface area contributed by atoms with Gasteiger partial charge in [0.25, 0.3) is 0 Å². The van der Waals surface area contributed by atoms with E-state index >= 15 is 0 Å². The maximum atomic E-state index is 13.0. The summed E-state index contributed by atoms with van der Waals surface area (Å²) in [6.07, 6.45) is -0.713. The van der Waals surface area contributed by atoms with Crippen molar-refractivity contribution in [3.63, 3.8) is 0 Å². The number of thioether (sulfide) groups is 1. The van der Waals surface area contributed by atoms with Gasteiger partial charge in [-0.2, -0.15) is 4.98 Å². The van der Waals surface area contributed by atoms with Crippen molar-refractivity contribution < 1.29 is 14.3 Å². The van der Waals surface area contributed by atoms with Gasteiger partial charge in [-0.1, -0.05) is 37.2 Å². The molecule has 2 aromatic carbocycles. The molecule has 172 valence electrons. The molecular formula is C25H28N4O3S. The van der Waals surface area contributed by atoms with Gasteiger partial charge in [-0.3, -0.25) is 9.69 Å². The van der Waals surface area contributed by atoms with Crippen LogP contribution < -0.4 is 14.4 Å². The predicted octanol–water partition coefficient (Wildman–Crippen LogP) is 5.36. The Morgan fingerprint density at radius 3 is 2.55 bits per heavy atom. The fraction of sp³-hybridized carbons (Fsp3) is 0.360. The highest BCUT2D eigenvalue weighted by molar-refractivity contribution is 7.99. The summed E-state index contributed by atoms with van der Waals surface area (Å²) in [6.45, 7) is 9.85. The third-order valence-corrected chi connectivity index (χ3v) is 6.58. The van der Waals surface area contributed by atoms with E-state index in [1.165, 1.54) is 0 Å². The number of ether oxygens (including phenoxy) is 2. The van der Waals surface area contributed by atoms with Crippen molar-refractivity contribution in [2.75, 3.05) is 17.8 Å². The number of methoxy groups -OCH3 is 1. The number of hydrogen-bond donors (Lipinski definition) is 0. The highest BCUT2D eigenvalue weighted by atomic mass is 32.2. The molecule has 0 N–H and O–H groups in total. The van der Waals surface area contributed by atoms with Crippen LogP contribution in [0.5, 0.6) is 11.6 Å². The van der Waals surface area contributed by atoms with Gasteiger partial charge in [-0.15, -0.1) is 10.2 Å². The summed E-state index contributed by atoms with van der Waals surface area (Å²) >= 11 is 1.54. The first-order valence-electron chi connectivity index (χ1n) is 10.9. The van der Waals surface area contributed by atoms with Crippen LogP contribution in [0.3, 0.4) is 0 Å². The zero-order valence-electron chi connectivity index (χ0n) is 19.7. The van der Waals surface area contributed by atoms with Gasteiger partial charge in [0.1, 0.15) is 5.75 Å². The largest absolute Gasteiger partial charge is 0.497 e. The molecule has 1 aromatic heterocycles. The molecule has 0 radical (unpaired) electrons. The van der Waals surface area contributed by atoms with Gasteiger partial charge in [0.05, 0.1) is 12.8 Å². The van der Waals surface area contributed by atoms with Crippen LogP contribution in [0, 0.1) is 19.8 Å². The molecule has 0 fully saturated rings. The van der Waals surface area contributed by atoms with E-state index in [0.29, 0.717) is 22.6 Å². The zero-order chi connectivity index (χ0) is 23.7. The minimum Gasteiger partial charge on any atom is -0.497 e. The number of hydrogen-bond acceptors (Lipinski definition) is 7. The Morgan fingerprint density at radius 2 is 1.91 bits per heavy atom. The third kappa shape index (κ3) is 4.66. The van der Waals surface area contributed by atoms with Crippen LogP contribution in [-0.4, -0.2) is 34.0 Å². The van der Waals surface area contributed by atoms with Crippen LogP contribution in [0.25, 0.3) is 11.3 Å². The number of anilines is 1. The SMILES string of the molecule is COc1ccc([C@H]2Oc3nc(SCC(C)C)nnc3-c3cc(C)cc(C)c3N2C(C)=O)cc1. The second-order valence-electron chi connectivity index (χ2n) is 8.56. The predicted molar refractivity (Wildman–Crippen MR) is 130 cm³/mol. The smallest absolute Gasteiger partial charge is 0.247 e. The van der Waals surface area contributed by atoms with Crippen molar-refractivity contribution in [2.24, 2.45) is 5.92 Å². The maximum absolute atomic E-state index is 13.0. The van der Waals surface area contributed by atoms with Gasteiger partial charge in [0, 0.05) is 23.8 Å². The summed E-state index contributed by atoms with van der Waals surface area (Å²) in [5.41, 5.74) is 4.90. The number of nitrogens with zero attached hydrogens (tertiary/aromatic N) is 4. The molecule has 1 amide bonds. The monoisotopic (exact) mass is 464 g/mol. The van der Waals surface area contributed by atoms with Crippen molar-refractivity contribution in [3.8, 4) is 22.9 Å². The molecule has 0 bridgehead atoms. The van der Waals surface area contributed by atoms with Crippen molar-refractivity contribution in [2.45, 2.75) is 46.0 Å². The number of aryl methyl sites for hydroxylation is 2. The first-order chi connectivity index (χ1) is 15.8. The standard InChI is InChI=1S/C25H28N4O3S/c1-14(2)13-33-25-26-23-21(27-28-25)20-12-15(3)11-16(4)22(20)29(17(5)30)24(32-23)18-7-9-19(31-6)10-8-18/h7-12,14,24H,13H2,1-6H3/t24-/m1/s1. The molecular weight excluding hydrogens is 436 g/mol. The lowest BCUT2D eigenvalue weighted by Crippen LogP contribution is -2.36. The molecule has 33 heavy (non-hydrogen) atoms. The number of carbonyl (C=O) groups excluding carboxylic acids is 1. The second-order valence-corrected chi connectivity index (χ2v) is 9.55. The lowest BCUT2D eigenvalue weighted by molar-refractivity contribution is -0.118. The summed E-state index contributed by atoms with van der Waals surface area (Å²) in [5, 5.41) is 9.42. The number of benzene rings is 2. The number of carbonyl (C=O) groups is 1. The fourth-order valence-corrected chi connectivity index (χ4v) is 4.62. The van der Waals surface area contributed by atoms with Gasteiger partial charge >= 0.3 is 0 Å². The van der Waals surface area contributed by atoms with Crippen LogP contribution in [0.1, 0.15) is 43.7 Å². The van der Waals surface area contributed by atoms with Crippen LogP contribution in [0.2, 0.25) is 0 Å². The molecule has 0 unspecified atom stereocenters. The Labute approximate surface area is 198 Å². The van der Waals surface area contributed by atoms with Crippen LogP contribution in [-0.2, 0) is 4.79 Å². The molecule has 0 saturated heterocycles. The van der Waals surface area contributed by atoms with E-state index in [4.69, 9.17) is 14.5 Å². The first kappa shape index (κ1) is 23.0. The van der Waals surface area contributed by atoms with E-state index in [9.17, 15) is 4.79 Å². The summed E-state index contributed by atoms with van der Waals surface area (Å²) < 4.78 is 11.8. The molecule has 7 nitrogen and oxygen atoms in total. The van der Waals surface area contributed by atoms with Crippen LogP contribution >= 0.6 is 11.8 Å². The summed E-state index contributed by atoms with van der Waals surface area (Å²) in [5.74, 6) is 2.32. The van der Waals surface area contributed by atoms with Crippen LogP contribution in [0.15, 0.2) is 41.6 Å². The first-order valence-corrected chi connectivity index (χ1v) is 11.9. The van der Waals surface area contributed by atoms with Gasteiger partial charge in [0.15, 0.2) is 5.69 Å². The van der Waals surface area contributed by atoms with E-state index in [1.807, 2.05) is 44.2 Å². The Balaban J connectivity index is 1.92. The molecule has 0 spiro atoms. The van der Waals surface area contributed by atoms with Crippen molar-refractivity contribution in [3.05, 3.63) is 53.1 Å². The number of aromatic nitrogens is 3. The van der Waals surface area contributed by atoms with Crippen molar-refractivity contribution >= 4 is 23.4 Å². The van der Waals surface area contributed by atoms with E-state index < -0.39 is 6.23 Å². The maximum Gasteiger partial charge on any atom is 0.247 e. The van der Waals surface area contributed by atoms with E-state index in [0.717, 1.165) is 39.4 Å². The summed E-state index contributed by atoms with van der Waals surface area (Å²) in [6, 6.07) is 11.6. The van der Waals surface area contributed by atoms with Gasteiger partial charge in [-0.25, -0.2) is 0 Å². The van der Waals surface area contributed by atoms with Gasteiger partial charge in [-0.05, 0) is 55.7 Å². The molecule has 3 aromatic rings. The topological polar surface area (TPSA) is 77.4 Å². The van der Waals surface area contributed by atoms with Gasteiger partial charge in [0.2, 0.25) is 23.2 Å². The zero-order valence-corrected chi connectivity index (χ0v) is 20.6. The van der Waals surface area contributed by atoms with Gasteiger partial charge < -0.3 is 9.47 Å². The van der Waals surface area contributed by atoms with E-state index in [-0.39, 0.29) is 5.91 Å². The molecule has 1 aliphatic heterocycles. The summed E-state index contributed by atoms with van der Waals surface area (Å²) in [4.78, 5) is 19.4. The van der Waals surface area contributed by atoms with Crippen LogP contribution in [0.4, 0.5) is 5.69 Å². The lowest BCUT2D eigenvalue weighted by Gasteiger charge is -2.31. The molecule has 0 aliphatic carbocycles. The minimum absolute atomic E-state index is 0.140. The second kappa shape index (κ2) is 9.39. The molecule has 4 rings (SSSR count). The quantitative estimate of drug-likeness (QED) is 0.471. The molecule has 0 saturated carbocycles. The number of amides is 1. The highest BCUT2D eigenvalue weighted by Crippen LogP contribution is 2.45. The average Bonchev–Trinajstić information content (AvgIpc) is 2.92. The fourth-order valence-electron chi connectivity index (χ4n) is 3.90. The average molecular weight is 465 g/mol. The summed E-state index contributed by atoms with van der Waals surface area (Å²) in [7, 11) is 1.62. The van der Waals surface area contributed by atoms with Crippen molar-refractivity contribution in [1.82, 2.24) is 15.2 Å². The van der Waals surface area contributed by atoms with Crippen molar-refractivity contribution in [1.29, 1.82) is 0 Å². The highest BCUT2D eigenvalue weighted by Gasteiger charge is 2.35. The molecule has 1 aliphatic rings. The normalized spacial score (nSPS) is 14.9. The lowest BCUT2D eigenvalue weighted by atomic mass is 10.00. The Hall–Kier alpha value is -3.13.